The minimum absolute atomic E-state index is 0.300. The van der Waals surface area contributed by atoms with Gasteiger partial charge in [-0.1, -0.05) is 19.8 Å². The molecule has 1 saturated heterocycles. The number of rotatable bonds is 7. The van der Waals surface area contributed by atoms with Gasteiger partial charge in [-0.05, 0) is 70.6 Å². The zero-order valence-electron chi connectivity index (χ0n) is 12.9. The van der Waals surface area contributed by atoms with Crippen LogP contribution in [0.25, 0.3) is 0 Å². The number of nitrogens with zero attached hydrogens (tertiary/aromatic N) is 1. The molecule has 2 rings (SSSR count). The number of carbonyl (C=O) groups is 1. The van der Waals surface area contributed by atoms with Crippen molar-refractivity contribution in [3.63, 3.8) is 0 Å². The molecule has 1 heterocycles. The summed E-state index contributed by atoms with van der Waals surface area (Å²) >= 11 is 0. The number of hydrogen-bond donors (Lipinski definition) is 2. The molecule has 2 atom stereocenters. The molecule has 0 bridgehead atoms. The predicted octanol–water partition coefficient (Wildman–Crippen LogP) is 2.49. The summed E-state index contributed by atoms with van der Waals surface area (Å²) in [5.74, 6) is -0.333. The molecule has 2 unspecified atom stereocenters. The normalized spacial score (nSPS) is 31.6. The van der Waals surface area contributed by atoms with Crippen molar-refractivity contribution in [3.05, 3.63) is 0 Å². The zero-order chi connectivity index (χ0) is 14.4. The first-order valence-electron chi connectivity index (χ1n) is 8.40. The number of hydrogen-bond acceptors (Lipinski definition) is 3. The molecule has 0 radical (unpaired) electrons. The van der Waals surface area contributed by atoms with Gasteiger partial charge in [0, 0.05) is 0 Å². The highest BCUT2D eigenvalue weighted by molar-refractivity contribution is 5.79. The number of aliphatic carboxylic acids is 1. The minimum Gasteiger partial charge on any atom is -0.480 e. The fourth-order valence-corrected chi connectivity index (χ4v) is 3.93. The largest absolute Gasteiger partial charge is 0.480 e. The smallest absolute Gasteiger partial charge is 0.324 e. The van der Waals surface area contributed by atoms with Crippen molar-refractivity contribution in [2.75, 3.05) is 26.2 Å². The molecule has 0 aromatic rings. The third-order valence-corrected chi connectivity index (χ3v) is 5.14. The standard InChI is InChI=1S/C16H30N2O2/c1-2-10-17-16(15(19)20)9-6-7-14(16)8-13-18-11-4-3-5-12-18/h14,17H,2-13H2,1H3,(H,19,20). The van der Waals surface area contributed by atoms with Gasteiger partial charge >= 0.3 is 5.97 Å². The molecule has 2 fully saturated rings. The second kappa shape index (κ2) is 7.41. The van der Waals surface area contributed by atoms with Crippen molar-refractivity contribution in [2.45, 2.75) is 63.8 Å². The fourth-order valence-electron chi connectivity index (χ4n) is 3.93. The second-order valence-electron chi connectivity index (χ2n) is 6.48. The van der Waals surface area contributed by atoms with Crippen LogP contribution in [0, 0.1) is 5.92 Å². The maximum absolute atomic E-state index is 11.8. The van der Waals surface area contributed by atoms with Gasteiger partial charge in [-0.25, -0.2) is 0 Å². The summed E-state index contributed by atoms with van der Waals surface area (Å²) in [4.78, 5) is 14.3. The summed E-state index contributed by atoms with van der Waals surface area (Å²) in [6, 6.07) is 0. The van der Waals surface area contributed by atoms with E-state index in [0.29, 0.717) is 5.92 Å². The average Bonchev–Trinajstić information content (AvgIpc) is 2.88. The molecule has 2 N–H and O–H groups in total. The van der Waals surface area contributed by atoms with Gasteiger partial charge in [-0.3, -0.25) is 4.79 Å². The van der Waals surface area contributed by atoms with Crippen LogP contribution in [-0.4, -0.2) is 47.7 Å². The second-order valence-corrected chi connectivity index (χ2v) is 6.48. The van der Waals surface area contributed by atoms with Crippen molar-refractivity contribution in [3.8, 4) is 0 Å². The van der Waals surface area contributed by atoms with E-state index in [4.69, 9.17) is 0 Å². The van der Waals surface area contributed by atoms with Gasteiger partial charge in [0.05, 0.1) is 0 Å². The van der Waals surface area contributed by atoms with E-state index in [1.165, 1.54) is 32.4 Å². The first-order valence-corrected chi connectivity index (χ1v) is 8.40. The van der Waals surface area contributed by atoms with Gasteiger partial charge < -0.3 is 15.3 Å². The number of likely N-dealkylation sites (tertiary alicyclic amines) is 1. The summed E-state index contributed by atoms with van der Waals surface area (Å²) in [6.45, 7) is 6.39. The summed E-state index contributed by atoms with van der Waals surface area (Å²) in [6.07, 6.45) is 8.91. The van der Waals surface area contributed by atoms with Crippen molar-refractivity contribution < 1.29 is 9.90 Å². The monoisotopic (exact) mass is 282 g/mol. The van der Waals surface area contributed by atoms with E-state index in [0.717, 1.165) is 45.2 Å². The van der Waals surface area contributed by atoms with Crippen LogP contribution in [0.3, 0.4) is 0 Å². The van der Waals surface area contributed by atoms with Gasteiger partial charge in [-0.15, -0.1) is 0 Å². The van der Waals surface area contributed by atoms with Crippen LogP contribution >= 0.6 is 0 Å². The van der Waals surface area contributed by atoms with Crippen LogP contribution in [0.15, 0.2) is 0 Å². The van der Waals surface area contributed by atoms with Gasteiger partial charge in [0.15, 0.2) is 0 Å². The van der Waals surface area contributed by atoms with Crippen LogP contribution in [0.1, 0.15) is 58.3 Å². The summed E-state index contributed by atoms with van der Waals surface area (Å²) < 4.78 is 0. The van der Waals surface area contributed by atoms with Crippen molar-refractivity contribution in [1.82, 2.24) is 10.2 Å². The zero-order valence-corrected chi connectivity index (χ0v) is 12.9. The lowest BCUT2D eigenvalue weighted by atomic mass is 9.84. The first-order chi connectivity index (χ1) is 9.69. The maximum atomic E-state index is 11.8. The molecule has 0 amide bonds. The Labute approximate surface area is 122 Å². The Kier molecular flexibility index (Phi) is 5.85. The number of piperidine rings is 1. The molecule has 1 saturated carbocycles. The average molecular weight is 282 g/mol. The van der Waals surface area contributed by atoms with E-state index in [9.17, 15) is 9.90 Å². The fraction of sp³-hybridized carbons (Fsp3) is 0.938. The molecular weight excluding hydrogens is 252 g/mol. The molecule has 0 aromatic heterocycles. The Hall–Kier alpha value is -0.610. The molecule has 4 nitrogen and oxygen atoms in total. The van der Waals surface area contributed by atoms with Crippen LogP contribution < -0.4 is 5.32 Å². The van der Waals surface area contributed by atoms with Crippen LogP contribution in [0.2, 0.25) is 0 Å². The Morgan fingerprint density at radius 1 is 1.30 bits per heavy atom. The highest BCUT2D eigenvalue weighted by atomic mass is 16.4. The van der Waals surface area contributed by atoms with Gasteiger partial charge in [-0.2, -0.15) is 0 Å². The quantitative estimate of drug-likeness (QED) is 0.753. The Morgan fingerprint density at radius 2 is 2.05 bits per heavy atom. The highest BCUT2D eigenvalue weighted by Gasteiger charge is 2.48. The third-order valence-electron chi connectivity index (χ3n) is 5.14. The Morgan fingerprint density at radius 3 is 2.70 bits per heavy atom. The molecule has 0 spiro atoms. The molecular formula is C16H30N2O2. The molecule has 4 heteroatoms. The third kappa shape index (κ3) is 3.53. The predicted molar refractivity (Wildman–Crippen MR) is 80.9 cm³/mol. The summed E-state index contributed by atoms with van der Waals surface area (Å²) in [5, 5.41) is 13.1. The van der Waals surface area contributed by atoms with E-state index in [1.807, 2.05) is 0 Å². The highest BCUT2D eigenvalue weighted by Crippen LogP contribution is 2.38. The molecule has 116 valence electrons. The van der Waals surface area contributed by atoms with Gasteiger partial charge in [0.1, 0.15) is 5.54 Å². The Bertz CT molecular complexity index is 316. The lowest BCUT2D eigenvalue weighted by molar-refractivity contribution is -0.146. The minimum atomic E-state index is -0.647. The number of carboxylic acid groups (broad SMARTS) is 1. The SMILES string of the molecule is CCCNC1(C(=O)O)CCCC1CCN1CCCCC1. The van der Waals surface area contributed by atoms with Crippen molar-refractivity contribution in [1.29, 1.82) is 0 Å². The number of nitrogens with one attached hydrogen (secondary N) is 1. The van der Waals surface area contributed by atoms with E-state index < -0.39 is 11.5 Å². The van der Waals surface area contributed by atoms with E-state index in [-0.39, 0.29) is 0 Å². The van der Waals surface area contributed by atoms with Crippen LogP contribution in [0.4, 0.5) is 0 Å². The molecule has 0 aromatic carbocycles. The van der Waals surface area contributed by atoms with Crippen molar-refractivity contribution in [2.24, 2.45) is 5.92 Å². The van der Waals surface area contributed by atoms with E-state index in [2.05, 4.69) is 17.1 Å². The number of carboxylic acids is 1. The summed E-state index contributed by atoms with van der Waals surface area (Å²) in [7, 11) is 0. The Balaban J connectivity index is 1.91. The molecule has 1 aliphatic carbocycles. The van der Waals surface area contributed by atoms with Crippen LogP contribution in [-0.2, 0) is 4.79 Å². The molecule has 1 aliphatic heterocycles. The summed E-state index contributed by atoms with van der Waals surface area (Å²) in [5.41, 5.74) is -0.647. The van der Waals surface area contributed by atoms with Gasteiger partial charge in [0.25, 0.3) is 0 Å². The van der Waals surface area contributed by atoms with Gasteiger partial charge in [0.2, 0.25) is 0 Å². The maximum Gasteiger partial charge on any atom is 0.324 e. The first kappa shape index (κ1) is 15.8. The molecule has 20 heavy (non-hydrogen) atoms. The lowest BCUT2D eigenvalue weighted by Gasteiger charge is -2.34. The van der Waals surface area contributed by atoms with Crippen molar-refractivity contribution >= 4 is 5.97 Å². The van der Waals surface area contributed by atoms with E-state index in [1.54, 1.807) is 0 Å². The lowest BCUT2D eigenvalue weighted by Crippen LogP contribution is -2.55. The molecule has 2 aliphatic rings. The van der Waals surface area contributed by atoms with E-state index >= 15 is 0 Å². The topological polar surface area (TPSA) is 52.6 Å². The van der Waals surface area contributed by atoms with Crippen LogP contribution in [0.5, 0.6) is 0 Å².